The SMILES string of the molecule is CCC/C=C\CCCCCCCCOCC(COP(=O)(O)OCCN)OC(=O)CCCCCCCCCCCCCCCCCCCC. The van der Waals surface area contributed by atoms with E-state index in [1.54, 1.807) is 0 Å². The summed E-state index contributed by atoms with van der Waals surface area (Å²) in [5, 5.41) is 0. The van der Waals surface area contributed by atoms with Crippen molar-refractivity contribution in [1.82, 2.24) is 0 Å². The van der Waals surface area contributed by atoms with E-state index in [1.165, 1.54) is 141 Å². The Kier molecular flexibility index (Phi) is 36.9. The minimum atomic E-state index is -4.27. The van der Waals surface area contributed by atoms with E-state index >= 15 is 0 Å². The smallest absolute Gasteiger partial charge is 0.457 e. The number of carbonyl (C=O) groups is 1. The van der Waals surface area contributed by atoms with Crippen molar-refractivity contribution in [3.8, 4) is 0 Å². The third-order valence-corrected chi connectivity index (χ3v) is 9.65. The van der Waals surface area contributed by atoms with E-state index in [9.17, 15) is 14.3 Å². The summed E-state index contributed by atoms with van der Waals surface area (Å²) in [4.78, 5) is 22.4. The highest BCUT2D eigenvalue weighted by Gasteiger charge is 2.25. The number of ether oxygens (including phenoxy) is 2. The van der Waals surface area contributed by atoms with Crippen LogP contribution in [0.25, 0.3) is 0 Å². The highest BCUT2D eigenvalue weighted by molar-refractivity contribution is 7.47. The Bertz CT molecular complexity index is 752. The Morgan fingerprint density at radius 3 is 1.60 bits per heavy atom. The summed E-state index contributed by atoms with van der Waals surface area (Å²) in [6.07, 6.45) is 38.0. The van der Waals surface area contributed by atoms with E-state index in [-0.39, 0.29) is 32.3 Å². The Morgan fingerprint density at radius 1 is 0.604 bits per heavy atom. The number of phosphoric ester groups is 1. The van der Waals surface area contributed by atoms with Crippen molar-refractivity contribution in [3.05, 3.63) is 12.2 Å². The van der Waals surface area contributed by atoms with E-state index < -0.39 is 13.9 Å². The highest BCUT2D eigenvalue weighted by atomic mass is 31.2. The third kappa shape index (κ3) is 36.5. The molecule has 9 heteroatoms. The summed E-state index contributed by atoms with van der Waals surface area (Å²) < 4.78 is 33.3. The first-order valence-electron chi connectivity index (χ1n) is 20.2. The molecule has 0 aromatic carbocycles. The van der Waals surface area contributed by atoms with Crippen LogP contribution in [0.1, 0.15) is 194 Å². The molecule has 0 aliphatic heterocycles. The van der Waals surface area contributed by atoms with E-state index in [2.05, 4.69) is 26.0 Å². The largest absolute Gasteiger partial charge is 0.472 e. The lowest BCUT2D eigenvalue weighted by Crippen LogP contribution is -2.28. The molecular formula is C39H78NO7P. The topological polar surface area (TPSA) is 117 Å². The van der Waals surface area contributed by atoms with Gasteiger partial charge in [0.1, 0.15) is 6.10 Å². The van der Waals surface area contributed by atoms with Gasteiger partial charge >= 0.3 is 13.8 Å². The zero-order valence-corrected chi connectivity index (χ0v) is 32.4. The summed E-state index contributed by atoms with van der Waals surface area (Å²) >= 11 is 0. The fourth-order valence-electron chi connectivity index (χ4n) is 5.71. The fourth-order valence-corrected chi connectivity index (χ4v) is 6.47. The second-order valence-corrected chi connectivity index (χ2v) is 15.0. The van der Waals surface area contributed by atoms with Gasteiger partial charge in [-0.15, -0.1) is 0 Å². The second-order valence-electron chi connectivity index (χ2n) is 13.5. The monoisotopic (exact) mass is 704 g/mol. The predicted molar refractivity (Wildman–Crippen MR) is 201 cm³/mol. The van der Waals surface area contributed by atoms with Crippen LogP contribution in [0.5, 0.6) is 0 Å². The van der Waals surface area contributed by atoms with Gasteiger partial charge in [-0.2, -0.15) is 0 Å². The number of phosphoric acid groups is 1. The van der Waals surface area contributed by atoms with Crippen LogP contribution in [0.2, 0.25) is 0 Å². The lowest BCUT2D eigenvalue weighted by Gasteiger charge is -2.20. The van der Waals surface area contributed by atoms with E-state index in [4.69, 9.17) is 24.3 Å². The number of carbonyl (C=O) groups excluding carboxylic acids is 1. The zero-order chi connectivity index (χ0) is 35.2. The number of allylic oxidation sites excluding steroid dienone is 2. The lowest BCUT2D eigenvalue weighted by molar-refractivity contribution is -0.154. The molecule has 48 heavy (non-hydrogen) atoms. The van der Waals surface area contributed by atoms with Gasteiger partial charge in [0, 0.05) is 19.6 Å². The number of hydrogen-bond acceptors (Lipinski definition) is 7. The molecule has 0 saturated carbocycles. The van der Waals surface area contributed by atoms with Gasteiger partial charge in [-0.3, -0.25) is 13.8 Å². The molecule has 0 amide bonds. The molecule has 0 aromatic rings. The van der Waals surface area contributed by atoms with Crippen LogP contribution in [0.3, 0.4) is 0 Å². The lowest BCUT2D eigenvalue weighted by atomic mass is 10.0. The molecule has 8 nitrogen and oxygen atoms in total. The maximum Gasteiger partial charge on any atom is 0.472 e. The van der Waals surface area contributed by atoms with Crippen LogP contribution in [0.15, 0.2) is 12.2 Å². The standard InChI is InChI=1S/C39H78NO7P/c1-3-5-7-9-11-13-15-16-17-18-19-20-21-22-24-26-28-30-32-39(41)47-38(37-46-48(42,43)45-35-33-40)36-44-34-31-29-27-25-23-14-12-10-8-6-4-2/h8,10,38H,3-7,9,11-37,40H2,1-2H3,(H,42,43)/b10-8-. The molecule has 0 aliphatic carbocycles. The average Bonchev–Trinajstić information content (AvgIpc) is 3.07. The first-order valence-corrected chi connectivity index (χ1v) is 21.7. The third-order valence-electron chi connectivity index (χ3n) is 8.66. The summed E-state index contributed by atoms with van der Waals surface area (Å²) in [5.41, 5.74) is 5.35. The van der Waals surface area contributed by atoms with Gasteiger partial charge in [0.05, 0.1) is 19.8 Å². The summed E-state index contributed by atoms with van der Waals surface area (Å²) in [6, 6.07) is 0. The van der Waals surface area contributed by atoms with Crippen molar-refractivity contribution in [1.29, 1.82) is 0 Å². The first-order chi connectivity index (χ1) is 23.4. The first kappa shape index (κ1) is 47.2. The highest BCUT2D eigenvalue weighted by Crippen LogP contribution is 2.43. The molecule has 3 N–H and O–H groups in total. The van der Waals surface area contributed by atoms with Crippen molar-refractivity contribution < 1.29 is 32.8 Å². The van der Waals surface area contributed by atoms with Gasteiger partial charge < -0.3 is 20.1 Å². The van der Waals surface area contributed by atoms with E-state index in [1.807, 2.05) is 0 Å². The van der Waals surface area contributed by atoms with Gasteiger partial charge in [-0.1, -0.05) is 167 Å². The molecule has 0 spiro atoms. The molecule has 0 heterocycles. The quantitative estimate of drug-likeness (QED) is 0.0281. The van der Waals surface area contributed by atoms with Crippen molar-refractivity contribution >= 4 is 13.8 Å². The molecule has 0 rings (SSSR count). The molecule has 0 bridgehead atoms. The number of rotatable bonds is 39. The van der Waals surface area contributed by atoms with Gasteiger partial charge in [0.25, 0.3) is 0 Å². The maximum atomic E-state index is 12.5. The van der Waals surface area contributed by atoms with Crippen molar-refractivity contribution in [2.24, 2.45) is 5.73 Å². The Balaban J connectivity index is 3.99. The molecule has 2 atom stereocenters. The molecule has 0 aliphatic rings. The average molecular weight is 704 g/mol. The number of esters is 1. The van der Waals surface area contributed by atoms with Gasteiger partial charge in [0.15, 0.2) is 0 Å². The van der Waals surface area contributed by atoms with Crippen LogP contribution in [-0.4, -0.2) is 49.9 Å². The van der Waals surface area contributed by atoms with E-state index in [0.717, 1.165) is 32.1 Å². The molecule has 2 unspecified atom stereocenters. The summed E-state index contributed by atoms with van der Waals surface area (Å²) in [7, 11) is -4.27. The van der Waals surface area contributed by atoms with E-state index in [0.29, 0.717) is 13.0 Å². The van der Waals surface area contributed by atoms with Crippen LogP contribution in [-0.2, 0) is 27.9 Å². The number of nitrogens with two attached hydrogens (primary N) is 1. The van der Waals surface area contributed by atoms with Gasteiger partial charge in [0.2, 0.25) is 0 Å². The summed E-state index contributed by atoms with van der Waals surface area (Å²) in [5.74, 6) is -0.330. The van der Waals surface area contributed by atoms with Gasteiger partial charge in [-0.25, -0.2) is 4.57 Å². The van der Waals surface area contributed by atoms with Gasteiger partial charge in [-0.05, 0) is 32.1 Å². The van der Waals surface area contributed by atoms with Crippen LogP contribution >= 0.6 is 7.82 Å². The second kappa shape index (κ2) is 37.5. The summed E-state index contributed by atoms with van der Waals surface area (Å²) in [6.45, 7) is 4.88. The van der Waals surface area contributed by atoms with Crippen LogP contribution in [0.4, 0.5) is 0 Å². The molecule has 0 aromatic heterocycles. The Morgan fingerprint density at radius 2 is 1.08 bits per heavy atom. The normalized spacial score (nSPS) is 13.7. The fraction of sp³-hybridized carbons (Fsp3) is 0.923. The molecule has 0 radical (unpaired) electrons. The molecule has 0 saturated heterocycles. The van der Waals surface area contributed by atoms with Crippen molar-refractivity contribution in [3.63, 3.8) is 0 Å². The minimum absolute atomic E-state index is 0.0936. The Hall–Kier alpha value is -0.760. The van der Waals surface area contributed by atoms with Crippen molar-refractivity contribution in [2.45, 2.75) is 200 Å². The molecule has 286 valence electrons. The predicted octanol–water partition coefficient (Wildman–Crippen LogP) is 11.5. The maximum absolute atomic E-state index is 12.5. The minimum Gasteiger partial charge on any atom is -0.457 e. The van der Waals surface area contributed by atoms with Crippen LogP contribution in [0, 0.1) is 0 Å². The number of unbranched alkanes of at least 4 members (excludes halogenated alkanes) is 24. The molecule has 0 fully saturated rings. The van der Waals surface area contributed by atoms with Crippen molar-refractivity contribution in [2.75, 3.05) is 33.0 Å². The zero-order valence-electron chi connectivity index (χ0n) is 31.5. The Labute approximate surface area is 296 Å². The molecular weight excluding hydrogens is 625 g/mol. The number of hydrogen-bond donors (Lipinski definition) is 2. The van der Waals surface area contributed by atoms with Crippen LogP contribution < -0.4 is 5.73 Å².